The maximum absolute atomic E-state index is 13.2. The molecule has 1 fully saturated rings. The largest absolute Gasteiger partial charge is 0.461 e. The van der Waals surface area contributed by atoms with Gasteiger partial charge in [-0.2, -0.15) is 0 Å². The summed E-state index contributed by atoms with van der Waals surface area (Å²) in [5.41, 5.74) is -1.86. The van der Waals surface area contributed by atoms with Gasteiger partial charge in [0.2, 0.25) is 0 Å². The third-order valence-corrected chi connectivity index (χ3v) is 7.35. The highest BCUT2D eigenvalue weighted by Gasteiger charge is 2.48. The second-order valence-electron chi connectivity index (χ2n) is 9.74. The molecular weight excluding hydrogens is 406 g/mol. The number of terminal acetylenes is 2. The molecule has 6 nitrogen and oxygen atoms in total. The minimum Gasteiger partial charge on any atom is -0.461 e. The third kappa shape index (κ3) is 5.08. The van der Waals surface area contributed by atoms with Crippen LogP contribution in [-0.4, -0.2) is 47.5 Å². The Kier molecular flexibility index (Phi) is 9.28. The number of hydrogen-bond donors (Lipinski definition) is 2. The molecule has 8 atom stereocenters. The van der Waals surface area contributed by atoms with E-state index in [4.69, 9.17) is 27.7 Å². The van der Waals surface area contributed by atoms with Crippen LogP contribution in [0.1, 0.15) is 61.3 Å². The van der Waals surface area contributed by atoms with E-state index in [1.54, 1.807) is 13.8 Å². The number of ketones is 1. The molecule has 0 aliphatic carbocycles. The van der Waals surface area contributed by atoms with Gasteiger partial charge < -0.3 is 20.0 Å². The highest BCUT2D eigenvalue weighted by atomic mass is 16.5. The standard InChI is InChI=1S/C26H39NO5/c1-11-19-16(5)22(28)18(7)24(30)32-20(12-2)25(8,9)23(29)17(6)21(27)15(4)14-26(19,13-3)31-10/h1,3,15-20,23,27,29H,12,14H2,2,4-10H3/t15-,16-,17+,18-,19-,20-,23-,26-/m1/s1. The molecule has 0 aromatic carbocycles. The van der Waals surface area contributed by atoms with Crippen LogP contribution in [0.5, 0.6) is 0 Å². The summed E-state index contributed by atoms with van der Waals surface area (Å²) in [6.45, 7) is 12.3. The number of esters is 1. The lowest BCUT2D eigenvalue weighted by Gasteiger charge is -2.43. The van der Waals surface area contributed by atoms with Crippen molar-refractivity contribution < 1.29 is 24.2 Å². The number of nitrogens with one attached hydrogen (secondary N) is 1. The molecule has 1 rings (SSSR count). The van der Waals surface area contributed by atoms with Crippen molar-refractivity contribution in [3.63, 3.8) is 0 Å². The van der Waals surface area contributed by atoms with Gasteiger partial charge in [0.1, 0.15) is 17.6 Å². The zero-order chi connectivity index (χ0) is 25.0. The molecule has 0 radical (unpaired) electrons. The van der Waals surface area contributed by atoms with Crippen LogP contribution in [0.25, 0.3) is 0 Å². The summed E-state index contributed by atoms with van der Waals surface area (Å²) in [6, 6.07) is 0. The predicted molar refractivity (Wildman–Crippen MR) is 125 cm³/mol. The summed E-state index contributed by atoms with van der Waals surface area (Å²) in [5, 5.41) is 20.0. The summed E-state index contributed by atoms with van der Waals surface area (Å²) in [4.78, 5) is 26.1. The SMILES string of the molecule is C#C[C@@H]1[C@@H](C)C(=O)[C@@H](C)C(=O)O[C@H](CC)C(C)(C)[C@H](O)[C@@H](C)C(=N)[C@H](C)C[C@@]1(C#C)OC. The Bertz CT molecular complexity index is 804. The molecule has 178 valence electrons. The summed E-state index contributed by atoms with van der Waals surface area (Å²) in [6.07, 6.45) is 10.8. The molecule has 1 saturated heterocycles. The topological polar surface area (TPSA) is 96.7 Å². The molecule has 0 unspecified atom stereocenters. The van der Waals surface area contributed by atoms with E-state index in [0.717, 1.165) is 0 Å². The van der Waals surface area contributed by atoms with Crippen LogP contribution < -0.4 is 0 Å². The predicted octanol–water partition coefficient (Wildman–Crippen LogP) is 3.50. The van der Waals surface area contributed by atoms with Crippen LogP contribution in [0, 0.1) is 65.1 Å². The van der Waals surface area contributed by atoms with Crippen LogP contribution >= 0.6 is 0 Å². The minimum absolute atomic E-state index is 0.207. The van der Waals surface area contributed by atoms with Crippen molar-refractivity contribution in [3.05, 3.63) is 0 Å². The highest BCUT2D eigenvalue weighted by molar-refractivity contribution is 6.00. The second kappa shape index (κ2) is 10.6. The van der Waals surface area contributed by atoms with Gasteiger partial charge in [-0.05, 0) is 25.7 Å². The molecule has 0 aromatic heterocycles. The van der Waals surface area contributed by atoms with Gasteiger partial charge in [0.05, 0.1) is 12.0 Å². The van der Waals surface area contributed by atoms with Crippen molar-refractivity contribution in [2.75, 3.05) is 7.11 Å². The van der Waals surface area contributed by atoms with Gasteiger partial charge in [0, 0.05) is 30.1 Å². The quantitative estimate of drug-likeness (QED) is 0.385. The summed E-state index contributed by atoms with van der Waals surface area (Å²) in [5.74, 6) is 0.704. The first-order chi connectivity index (χ1) is 14.7. The van der Waals surface area contributed by atoms with E-state index in [1.165, 1.54) is 14.0 Å². The van der Waals surface area contributed by atoms with E-state index in [1.807, 2.05) is 27.7 Å². The van der Waals surface area contributed by atoms with Crippen molar-refractivity contribution in [2.24, 2.45) is 35.0 Å². The van der Waals surface area contributed by atoms with Crippen LogP contribution in [-0.2, 0) is 19.1 Å². The Morgan fingerprint density at radius 3 is 2.19 bits per heavy atom. The fourth-order valence-corrected chi connectivity index (χ4v) is 4.92. The molecule has 1 heterocycles. The number of carbonyl (C=O) groups is 2. The molecule has 0 bridgehead atoms. The van der Waals surface area contributed by atoms with Gasteiger partial charge in [0.25, 0.3) is 0 Å². The van der Waals surface area contributed by atoms with E-state index in [-0.39, 0.29) is 18.1 Å². The Balaban J connectivity index is 3.66. The lowest BCUT2D eigenvalue weighted by Crippen LogP contribution is -2.51. The number of carbonyl (C=O) groups excluding carboxylic acids is 2. The minimum atomic E-state index is -1.31. The summed E-state index contributed by atoms with van der Waals surface area (Å²) in [7, 11) is 1.44. The number of hydrogen-bond acceptors (Lipinski definition) is 6. The molecule has 0 aromatic rings. The first-order valence-corrected chi connectivity index (χ1v) is 11.2. The van der Waals surface area contributed by atoms with Gasteiger partial charge in [0.15, 0.2) is 5.78 Å². The molecule has 0 spiro atoms. The van der Waals surface area contributed by atoms with Crippen LogP contribution in [0.15, 0.2) is 0 Å². The smallest absolute Gasteiger partial charge is 0.316 e. The normalized spacial score (nSPS) is 39.3. The number of ether oxygens (including phenoxy) is 2. The molecule has 2 N–H and O–H groups in total. The van der Waals surface area contributed by atoms with E-state index in [9.17, 15) is 14.7 Å². The van der Waals surface area contributed by atoms with Gasteiger partial charge in [-0.1, -0.05) is 53.4 Å². The average molecular weight is 446 g/mol. The van der Waals surface area contributed by atoms with Crippen molar-refractivity contribution in [1.82, 2.24) is 0 Å². The van der Waals surface area contributed by atoms with Gasteiger partial charge in [-0.3, -0.25) is 9.59 Å². The van der Waals surface area contributed by atoms with E-state index in [2.05, 4.69) is 11.8 Å². The Morgan fingerprint density at radius 1 is 1.19 bits per heavy atom. The molecule has 6 heteroatoms. The lowest BCUT2D eigenvalue weighted by atomic mass is 9.68. The van der Waals surface area contributed by atoms with Crippen LogP contribution in [0.3, 0.4) is 0 Å². The van der Waals surface area contributed by atoms with Crippen molar-refractivity contribution >= 4 is 17.5 Å². The third-order valence-electron chi connectivity index (χ3n) is 7.35. The summed E-state index contributed by atoms with van der Waals surface area (Å²) < 4.78 is 11.5. The molecule has 1 aliphatic rings. The zero-order valence-electron chi connectivity index (χ0n) is 20.7. The number of aliphatic hydroxyl groups is 1. The average Bonchev–Trinajstić information content (AvgIpc) is 2.78. The maximum atomic E-state index is 13.2. The molecule has 0 amide bonds. The fourth-order valence-electron chi connectivity index (χ4n) is 4.92. The van der Waals surface area contributed by atoms with Crippen LogP contribution in [0.2, 0.25) is 0 Å². The van der Waals surface area contributed by atoms with Gasteiger partial charge >= 0.3 is 5.97 Å². The highest BCUT2D eigenvalue weighted by Crippen LogP contribution is 2.39. The molecule has 32 heavy (non-hydrogen) atoms. The fraction of sp³-hybridized carbons (Fsp3) is 0.731. The number of aliphatic hydroxyl groups excluding tert-OH is 1. The van der Waals surface area contributed by atoms with E-state index in [0.29, 0.717) is 12.1 Å². The Labute approximate surface area is 193 Å². The van der Waals surface area contributed by atoms with Crippen molar-refractivity contribution in [3.8, 4) is 24.7 Å². The summed E-state index contributed by atoms with van der Waals surface area (Å²) >= 11 is 0. The number of Topliss-reactive ketones (excluding diaryl/α,β-unsaturated/α-hetero) is 1. The van der Waals surface area contributed by atoms with Gasteiger partial charge in [-0.25, -0.2) is 0 Å². The Hall–Kier alpha value is -2.15. The van der Waals surface area contributed by atoms with Crippen molar-refractivity contribution in [2.45, 2.75) is 79.1 Å². The first kappa shape index (κ1) is 27.9. The lowest BCUT2D eigenvalue weighted by molar-refractivity contribution is -0.169. The molecule has 0 saturated carbocycles. The van der Waals surface area contributed by atoms with Gasteiger partial charge in [-0.15, -0.1) is 12.8 Å². The first-order valence-electron chi connectivity index (χ1n) is 11.2. The number of cyclic esters (lactones) is 1. The second-order valence-corrected chi connectivity index (χ2v) is 9.74. The van der Waals surface area contributed by atoms with E-state index >= 15 is 0 Å². The number of rotatable bonds is 2. The maximum Gasteiger partial charge on any atom is 0.316 e. The zero-order valence-corrected chi connectivity index (χ0v) is 20.7. The molecular formula is C26H39NO5. The van der Waals surface area contributed by atoms with Crippen LogP contribution in [0.4, 0.5) is 0 Å². The monoisotopic (exact) mass is 445 g/mol. The number of methoxy groups -OCH3 is 1. The molecule has 1 aliphatic heterocycles. The van der Waals surface area contributed by atoms with E-state index < -0.39 is 52.9 Å². The Morgan fingerprint density at radius 2 is 1.75 bits per heavy atom. The van der Waals surface area contributed by atoms with Crippen molar-refractivity contribution in [1.29, 1.82) is 5.41 Å².